The van der Waals surface area contributed by atoms with E-state index in [1.165, 1.54) is 0 Å². The lowest BCUT2D eigenvalue weighted by Crippen LogP contribution is -2.12. The number of nitrogen functional groups attached to an aromatic ring is 1. The second-order valence-electron chi connectivity index (χ2n) is 3.74. The molecule has 0 saturated carbocycles. The second kappa shape index (κ2) is 5.56. The number of nitrogens with zero attached hydrogens (tertiary/aromatic N) is 2. The summed E-state index contributed by atoms with van der Waals surface area (Å²) >= 11 is 12.0. The molecule has 0 fully saturated rings. The van der Waals surface area contributed by atoms with Gasteiger partial charge in [0.1, 0.15) is 0 Å². The van der Waals surface area contributed by atoms with Gasteiger partial charge in [0.2, 0.25) is 5.95 Å². The van der Waals surface area contributed by atoms with Crippen molar-refractivity contribution in [2.24, 2.45) is 5.84 Å². The minimum Gasteiger partial charge on any atom is -0.336 e. The number of anilines is 3. The van der Waals surface area contributed by atoms with Crippen LogP contribution in [0.1, 0.15) is 5.56 Å². The normalized spacial score (nSPS) is 10.4. The Morgan fingerprint density at radius 2 is 2.00 bits per heavy atom. The van der Waals surface area contributed by atoms with Crippen LogP contribution in [0.25, 0.3) is 0 Å². The fraction of sp³-hybridized carbons (Fsp3) is 0.0909. The number of rotatable bonds is 3. The minimum atomic E-state index is -0.633. The van der Waals surface area contributed by atoms with Gasteiger partial charge in [-0.15, -0.1) is 0 Å². The zero-order valence-electron chi connectivity index (χ0n) is 9.84. The van der Waals surface area contributed by atoms with Gasteiger partial charge < -0.3 is 5.32 Å². The van der Waals surface area contributed by atoms with Crippen LogP contribution in [0.3, 0.4) is 0 Å². The molecule has 19 heavy (non-hydrogen) atoms. The lowest BCUT2D eigenvalue weighted by Gasteiger charge is -2.11. The molecule has 0 unspecified atom stereocenters. The first-order chi connectivity index (χ1) is 9.01. The van der Waals surface area contributed by atoms with Crippen LogP contribution in [0.15, 0.2) is 18.3 Å². The van der Waals surface area contributed by atoms with E-state index in [0.717, 1.165) is 11.8 Å². The summed E-state index contributed by atoms with van der Waals surface area (Å²) in [5, 5.41) is 3.66. The maximum Gasteiger partial charge on any atom is 0.239 e. The van der Waals surface area contributed by atoms with Crippen molar-refractivity contribution in [1.82, 2.24) is 9.97 Å². The maximum atomic E-state index is 13.6. The van der Waals surface area contributed by atoms with E-state index in [1.807, 2.05) is 6.92 Å². The summed E-state index contributed by atoms with van der Waals surface area (Å²) in [6.45, 7) is 1.82. The highest BCUT2D eigenvalue weighted by Gasteiger charge is 2.10. The number of halogens is 3. The van der Waals surface area contributed by atoms with Gasteiger partial charge in [-0.3, -0.25) is 5.43 Å². The highest BCUT2D eigenvalue weighted by atomic mass is 35.5. The summed E-state index contributed by atoms with van der Waals surface area (Å²) in [7, 11) is 0. The predicted molar refractivity (Wildman–Crippen MR) is 74.3 cm³/mol. The summed E-state index contributed by atoms with van der Waals surface area (Å²) < 4.78 is 13.6. The molecule has 0 amide bonds. The van der Waals surface area contributed by atoms with E-state index in [2.05, 4.69) is 20.7 Å². The molecule has 0 saturated heterocycles. The highest BCUT2D eigenvalue weighted by molar-refractivity contribution is 6.35. The van der Waals surface area contributed by atoms with Crippen LogP contribution < -0.4 is 16.6 Å². The first-order valence-electron chi connectivity index (χ1n) is 5.23. The van der Waals surface area contributed by atoms with Crippen molar-refractivity contribution in [3.8, 4) is 0 Å². The van der Waals surface area contributed by atoms with Crippen LogP contribution in [-0.4, -0.2) is 9.97 Å². The van der Waals surface area contributed by atoms with Gasteiger partial charge in [-0.25, -0.2) is 15.2 Å². The van der Waals surface area contributed by atoms with Crippen LogP contribution in [-0.2, 0) is 0 Å². The van der Waals surface area contributed by atoms with E-state index >= 15 is 0 Å². The smallest absolute Gasteiger partial charge is 0.239 e. The zero-order valence-corrected chi connectivity index (χ0v) is 11.3. The molecule has 4 N–H and O–H groups in total. The molecular weight excluding hydrogens is 292 g/mol. The number of aryl methyl sites for hydroxylation is 1. The van der Waals surface area contributed by atoms with E-state index in [4.69, 9.17) is 29.0 Å². The molecule has 1 heterocycles. The van der Waals surface area contributed by atoms with E-state index in [0.29, 0.717) is 15.7 Å². The summed E-state index contributed by atoms with van der Waals surface area (Å²) in [5.41, 5.74) is 3.49. The van der Waals surface area contributed by atoms with Crippen molar-refractivity contribution in [2.45, 2.75) is 6.92 Å². The predicted octanol–water partition coefficient (Wildman–Crippen LogP) is 3.26. The van der Waals surface area contributed by atoms with Crippen molar-refractivity contribution in [3.63, 3.8) is 0 Å². The molecule has 0 aliphatic carbocycles. The Balaban J connectivity index is 2.38. The van der Waals surface area contributed by atoms with Crippen molar-refractivity contribution in [3.05, 3.63) is 39.8 Å². The zero-order chi connectivity index (χ0) is 14.0. The minimum absolute atomic E-state index is 0.0511. The fourth-order valence-corrected chi connectivity index (χ4v) is 1.82. The van der Waals surface area contributed by atoms with Gasteiger partial charge in [0.05, 0.1) is 16.9 Å². The Bertz CT molecular complexity index is 620. The molecule has 0 radical (unpaired) electrons. The molecular formula is C11H10Cl2FN5. The quantitative estimate of drug-likeness (QED) is 0.599. The molecule has 0 atom stereocenters. The molecule has 1 aromatic heterocycles. The molecule has 1 aromatic carbocycles. The third-order valence-corrected chi connectivity index (χ3v) is 3.09. The Morgan fingerprint density at radius 3 is 2.68 bits per heavy atom. The molecule has 5 nitrogen and oxygen atoms in total. The van der Waals surface area contributed by atoms with E-state index in [1.54, 1.807) is 12.1 Å². The number of hydrogen-bond donors (Lipinski definition) is 3. The number of nitrogens with one attached hydrogen (secondary N) is 2. The van der Waals surface area contributed by atoms with Gasteiger partial charge in [0, 0.05) is 5.02 Å². The fourth-order valence-electron chi connectivity index (χ4n) is 1.39. The summed E-state index contributed by atoms with van der Waals surface area (Å²) in [6.07, 6.45) is 0.994. The lowest BCUT2D eigenvalue weighted by atomic mass is 10.2. The molecule has 8 heteroatoms. The van der Waals surface area contributed by atoms with Gasteiger partial charge in [0.25, 0.3) is 0 Å². The van der Waals surface area contributed by atoms with Crippen molar-refractivity contribution >= 4 is 40.7 Å². The van der Waals surface area contributed by atoms with Gasteiger partial charge in [-0.05, 0) is 24.6 Å². The van der Waals surface area contributed by atoms with Crippen LogP contribution in [0, 0.1) is 12.7 Å². The van der Waals surface area contributed by atoms with Crippen molar-refractivity contribution in [1.29, 1.82) is 0 Å². The first kappa shape index (κ1) is 13.8. The first-order valence-corrected chi connectivity index (χ1v) is 5.98. The van der Waals surface area contributed by atoms with Crippen molar-refractivity contribution < 1.29 is 4.39 Å². The number of hydrogen-bond acceptors (Lipinski definition) is 5. The standard InChI is InChI=1S/C11H10Cl2FN5/c1-5-2-7(13)9(3-6(5)12)17-10-8(14)4-16-11(18-10)19-15/h2-4H,15H2,1H3,(H2,16,17,18,19). The summed E-state index contributed by atoms with van der Waals surface area (Å²) in [6, 6.07) is 3.27. The lowest BCUT2D eigenvalue weighted by molar-refractivity contribution is 0.619. The Morgan fingerprint density at radius 1 is 1.26 bits per heavy atom. The van der Waals surface area contributed by atoms with Crippen LogP contribution >= 0.6 is 23.2 Å². The van der Waals surface area contributed by atoms with Gasteiger partial charge in [0.15, 0.2) is 11.6 Å². The second-order valence-corrected chi connectivity index (χ2v) is 4.56. The Hall–Kier alpha value is -1.63. The van der Waals surface area contributed by atoms with Crippen LogP contribution in [0.2, 0.25) is 10.0 Å². The molecule has 0 bridgehead atoms. The third kappa shape index (κ3) is 3.04. The Labute approximate surface area is 118 Å². The van der Waals surface area contributed by atoms with Gasteiger partial charge in [-0.1, -0.05) is 23.2 Å². The molecule has 0 aliphatic rings. The van der Waals surface area contributed by atoms with E-state index in [9.17, 15) is 4.39 Å². The number of aromatic nitrogens is 2. The third-order valence-electron chi connectivity index (χ3n) is 2.37. The monoisotopic (exact) mass is 301 g/mol. The molecule has 100 valence electrons. The topological polar surface area (TPSA) is 75.9 Å². The molecule has 0 aliphatic heterocycles. The summed E-state index contributed by atoms with van der Waals surface area (Å²) in [4.78, 5) is 7.48. The van der Waals surface area contributed by atoms with E-state index in [-0.39, 0.29) is 11.8 Å². The van der Waals surface area contributed by atoms with Gasteiger partial charge in [-0.2, -0.15) is 4.98 Å². The molecule has 2 aromatic rings. The Kier molecular flexibility index (Phi) is 4.04. The van der Waals surface area contributed by atoms with Crippen LogP contribution in [0.4, 0.5) is 21.8 Å². The number of benzene rings is 1. The SMILES string of the molecule is Cc1cc(Cl)c(Nc2nc(NN)ncc2F)cc1Cl. The average molecular weight is 302 g/mol. The number of nitrogens with two attached hydrogens (primary N) is 1. The van der Waals surface area contributed by atoms with Crippen LogP contribution in [0.5, 0.6) is 0 Å². The van der Waals surface area contributed by atoms with E-state index < -0.39 is 5.82 Å². The largest absolute Gasteiger partial charge is 0.336 e. The average Bonchev–Trinajstić information content (AvgIpc) is 2.38. The van der Waals surface area contributed by atoms with Gasteiger partial charge >= 0.3 is 0 Å². The molecule has 0 spiro atoms. The summed E-state index contributed by atoms with van der Waals surface area (Å²) in [5.74, 6) is 4.56. The maximum absolute atomic E-state index is 13.6. The van der Waals surface area contributed by atoms with Crippen molar-refractivity contribution in [2.75, 3.05) is 10.7 Å². The highest BCUT2D eigenvalue weighted by Crippen LogP contribution is 2.31. The number of hydrazine groups is 1. The molecule has 2 rings (SSSR count).